The molecule has 4 aromatic rings. The van der Waals surface area contributed by atoms with Crippen LogP contribution in [0.3, 0.4) is 0 Å². The summed E-state index contributed by atoms with van der Waals surface area (Å²) in [7, 11) is 6.15. The van der Waals surface area contributed by atoms with Crippen molar-refractivity contribution in [3.63, 3.8) is 0 Å². The summed E-state index contributed by atoms with van der Waals surface area (Å²) >= 11 is 0. The molecule has 2 heterocycles. The van der Waals surface area contributed by atoms with Crippen LogP contribution in [0.15, 0.2) is 64.4 Å². The van der Waals surface area contributed by atoms with E-state index in [1.54, 1.807) is 14.2 Å². The summed E-state index contributed by atoms with van der Waals surface area (Å²) in [5.41, 5.74) is 1.37. The van der Waals surface area contributed by atoms with Crippen LogP contribution in [0.5, 0.6) is 11.5 Å². The van der Waals surface area contributed by atoms with Gasteiger partial charge in [-0.3, -0.25) is 18.7 Å². The summed E-state index contributed by atoms with van der Waals surface area (Å²) in [6.07, 6.45) is 1.94. The van der Waals surface area contributed by atoms with Gasteiger partial charge in [-0.1, -0.05) is 24.3 Å². The first-order valence-corrected chi connectivity index (χ1v) is 11.0. The molecule has 1 unspecified atom stereocenters. The van der Waals surface area contributed by atoms with E-state index in [-0.39, 0.29) is 29.7 Å². The largest absolute Gasteiger partial charge is 0.497 e. The molecule has 2 aromatic carbocycles. The van der Waals surface area contributed by atoms with Crippen LogP contribution in [0.2, 0.25) is 0 Å². The molecule has 0 saturated carbocycles. The summed E-state index contributed by atoms with van der Waals surface area (Å²) in [5, 5.41) is 3.07. The minimum atomic E-state index is -0.502. The lowest BCUT2D eigenvalue weighted by molar-refractivity contribution is -0.122. The zero-order valence-corrected chi connectivity index (χ0v) is 20.0. The van der Waals surface area contributed by atoms with Crippen molar-refractivity contribution < 1.29 is 14.3 Å². The third kappa shape index (κ3) is 4.81. The van der Waals surface area contributed by atoms with Gasteiger partial charge in [0.15, 0.2) is 11.2 Å². The third-order valence-corrected chi connectivity index (χ3v) is 5.98. The molecule has 0 aliphatic carbocycles. The van der Waals surface area contributed by atoms with Crippen molar-refractivity contribution in [2.75, 3.05) is 14.2 Å². The number of hydrogen-bond donors (Lipinski definition) is 1. The van der Waals surface area contributed by atoms with E-state index in [1.165, 1.54) is 29.6 Å². The van der Waals surface area contributed by atoms with E-state index in [0.29, 0.717) is 6.42 Å². The first kappa shape index (κ1) is 23.8. The zero-order chi connectivity index (χ0) is 25.1. The number of fused-ring (bicyclic) bond motifs is 1. The van der Waals surface area contributed by atoms with Crippen LogP contribution in [0.25, 0.3) is 11.2 Å². The Morgan fingerprint density at radius 2 is 1.54 bits per heavy atom. The van der Waals surface area contributed by atoms with Gasteiger partial charge in [-0.2, -0.15) is 0 Å². The van der Waals surface area contributed by atoms with Gasteiger partial charge in [0.2, 0.25) is 5.91 Å². The summed E-state index contributed by atoms with van der Waals surface area (Å²) in [4.78, 5) is 42.2. The van der Waals surface area contributed by atoms with Gasteiger partial charge in [-0.15, -0.1) is 0 Å². The maximum atomic E-state index is 13.1. The fourth-order valence-corrected chi connectivity index (χ4v) is 4.00. The molecule has 1 N–H and O–H groups in total. The van der Waals surface area contributed by atoms with Gasteiger partial charge in [-0.25, -0.2) is 9.78 Å². The van der Waals surface area contributed by atoms with Gasteiger partial charge in [0, 0.05) is 14.1 Å². The highest BCUT2D eigenvalue weighted by molar-refractivity contribution is 5.79. The van der Waals surface area contributed by atoms with E-state index in [2.05, 4.69) is 10.3 Å². The minimum Gasteiger partial charge on any atom is -0.497 e. The van der Waals surface area contributed by atoms with Crippen molar-refractivity contribution in [1.29, 1.82) is 0 Å². The predicted molar refractivity (Wildman–Crippen MR) is 131 cm³/mol. The molecule has 35 heavy (non-hydrogen) atoms. The highest BCUT2D eigenvalue weighted by Crippen LogP contribution is 2.23. The number of aryl methyl sites for hydroxylation is 1. The average Bonchev–Trinajstić information content (AvgIpc) is 3.29. The van der Waals surface area contributed by atoms with Crippen LogP contribution in [0.1, 0.15) is 17.2 Å². The Morgan fingerprint density at radius 3 is 2.14 bits per heavy atom. The molecule has 0 saturated heterocycles. The van der Waals surface area contributed by atoms with Gasteiger partial charge in [0.25, 0.3) is 5.56 Å². The van der Waals surface area contributed by atoms with Gasteiger partial charge in [-0.05, 0) is 41.8 Å². The Morgan fingerprint density at radius 1 is 0.943 bits per heavy atom. The number of imidazole rings is 1. The topological polar surface area (TPSA) is 109 Å². The number of carbonyl (C=O) groups is 1. The van der Waals surface area contributed by atoms with Crippen molar-refractivity contribution in [2.45, 2.75) is 19.0 Å². The van der Waals surface area contributed by atoms with Crippen LogP contribution in [-0.2, 0) is 31.9 Å². The highest BCUT2D eigenvalue weighted by atomic mass is 16.5. The Balaban J connectivity index is 1.61. The van der Waals surface area contributed by atoms with Crippen molar-refractivity contribution >= 4 is 17.1 Å². The Kier molecular flexibility index (Phi) is 6.72. The van der Waals surface area contributed by atoms with Gasteiger partial charge in [0.1, 0.15) is 18.0 Å². The molecule has 1 amide bonds. The smallest absolute Gasteiger partial charge is 0.332 e. The molecule has 4 rings (SSSR count). The molecule has 0 radical (unpaired) electrons. The first-order valence-electron chi connectivity index (χ1n) is 11.0. The summed E-state index contributed by atoms with van der Waals surface area (Å²) in [6, 6.07) is 14.8. The molecule has 10 nitrogen and oxygen atoms in total. The lowest BCUT2D eigenvalue weighted by Gasteiger charge is -2.20. The number of amides is 1. The lowest BCUT2D eigenvalue weighted by Crippen LogP contribution is -2.38. The monoisotopic (exact) mass is 477 g/mol. The number of ether oxygens (including phenoxy) is 2. The second kappa shape index (κ2) is 9.88. The highest BCUT2D eigenvalue weighted by Gasteiger charge is 2.19. The van der Waals surface area contributed by atoms with Crippen molar-refractivity contribution in [3.8, 4) is 11.5 Å². The van der Waals surface area contributed by atoms with Crippen LogP contribution >= 0.6 is 0 Å². The average molecular weight is 478 g/mol. The minimum absolute atomic E-state index is 0.126. The molecular formula is C25H27N5O5. The summed E-state index contributed by atoms with van der Waals surface area (Å²) < 4.78 is 14.2. The molecule has 2 aromatic heterocycles. The maximum Gasteiger partial charge on any atom is 0.332 e. The summed E-state index contributed by atoms with van der Waals surface area (Å²) in [6.45, 7) is -0.126. The number of carbonyl (C=O) groups excluding carboxylic acids is 1. The first-order chi connectivity index (χ1) is 16.8. The molecule has 0 aliphatic heterocycles. The molecule has 10 heteroatoms. The number of hydrogen-bond acceptors (Lipinski definition) is 6. The second-order valence-electron chi connectivity index (χ2n) is 8.20. The van der Waals surface area contributed by atoms with E-state index < -0.39 is 11.2 Å². The molecule has 0 aliphatic rings. The number of benzene rings is 2. The quantitative estimate of drug-likeness (QED) is 0.413. The van der Waals surface area contributed by atoms with Crippen molar-refractivity contribution in [3.05, 3.63) is 86.8 Å². The number of aromatic nitrogens is 4. The van der Waals surface area contributed by atoms with E-state index >= 15 is 0 Å². The van der Waals surface area contributed by atoms with Gasteiger partial charge in [0.05, 0.1) is 26.6 Å². The van der Waals surface area contributed by atoms with E-state index in [1.807, 2.05) is 48.5 Å². The molecule has 182 valence electrons. The summed E-state index contributed by atoms with van der Waals surface area (Å²) in [5.74, 6) is 1.17. The third-order valence-electron chi connectivity index (χ3n) is 5.98. The van der Waals surface area contributed by atoms with Crippen LogP contribution in [0, 0.1) is 0 Å². The Labute approximate surface area is 201 Å². The van der Waals surface area contributed by atoms with Crippen LogP contribution in [-0.4, -0.2) is 38.8 Å². The number of rotatable bonds is 8. The lowest BCUT2D eigenvalue weighted by atomic mass is 9.98. The molecule has 0 fully saturated rings. The van der Waals surface area contributed by atoms with E-state index in [4.69, 9.17) is 9.47 Å². The fraction of sp³-hybridized carbons (Fsp3) is 0.280. The molecule has 1 atom stereocenters. The fourth-order valence-electron chi connectivity index (χ4n) is 4.00. The molecule has 0 bridgehead atoms. The van der Waals surface area contributed by atoms with Crippen LogP contribution < -0.4 is 26.0 Å². The SMILES string of the molecule is COc1ccc(CC(NC(=O)Cn2cnc3c2c(=O)n(C)c(=O)n3C)c2ccc(OC)cc2)cc1. The number of methoxy groups -OCH3 is 2. The van der Waals surface area contributed by atoms with Crippen molar-refractivity contribution in [2.24, 2.45) is 14.1 Å². The Hall–Kier alpha value is -4.34. The maximum absolute atomic E-state index is 13.1. The second-order valence-corrected chi connectivity index (χ2v) is 8.20. The molecule has 0 spiro atoms. The van der Waals surface area contributed by atoms with Crippen LogP contribution in [0.4, 0.5) is 0 Å². The van der Waals surface area contributed by atoms with E-state index in [9.17, 15) is 14.4 Å². The normalized spacial score (nSPS) is 11.9. The predicted octanol–water partition coefficient (Wildman–Crippen LogP) is 1.55. The van der Waals surface area contributed by atoms with Gasteiger partial charge < -0.3 is 19.4 Å². The standard InChI is InChI=1S/C25H27N5O5/c1-28-23-22(24(32)29(2)25(28)33)30(15-26-23)14-21(31)27-20(17-7-11-19(35-4)12-8-17)13-16-5-9-18(34-3)10-6-16/h5-12,15,20H,13-14H2,1-4H3,(H,27,31). The van der Waals surface area contributed by atoms with Gasteiger partial charge >= 0.3 is 5.69 Å². The molecular weight excluding hydrogens is 450 g/mol. The zero-order valence-electron chi connectivity index (χ0n) is 20.0. The number of nitrogens with one attached hydrogen (secondary N) is 1. The van der Waals surface area contributed by atoms with Crippen molar-refractivity contribution in [1.82, 2.24) is 24.0 Å². The Bertz CT molecular complexity index is 1470. The van der Waals surface area contributed by atoms with E-state index in [0.717, 1.165) is 27.2 Å². The number of nitrogens with zero attached hydrogens (tertiary/aromatic N) is 4.